The summed E-state index contributed by atoms with van der Waals surface area (Å²) in [5.41, 5.74) is 0.814. The van der Waals surface area contributed by atoms with E-state index in [2.05, 4.69) is 44.3 Å². The van der Waals surface area contributed by atoms with E-state index < -0.39 is 24.0 Å². The van der Waals surface area contributed by atoms with Gasteiger partial charge in [-0.15, -0.1) is 0 Å². The minimum absolute atomic E-state index is 0.351. The molecule has 3 nitrogen and oxygen atoms in total. The number of hydrogen-bond donors (Lipinski definition) is 1. The van der Waals surface area contributed by atoms with Gasteiger partial charge in [-0.25, -0.2) is 0 Å². The maximum atomic E-state index is 12.2. The number of carbonyl (C=O) groups is 1. The van der Waals surface area contributed by atoms with Crippen LogP contribution >= 0.6 is 11.6 Å². The van der Waals surface area contributed by atoms with Crippen LogP contribution in [0.1, 0.15) is 85.6 Å². The van der Waals surface area contributed by atoms with E-state index in [1.807, 2.05) is 32.9 Å². The Hall–Kier alpha value is -0.681. The van der Waals surface area contributed by atoms with E-state index in [9.17, 15) is 4.79 Å². The number of unbranched alkanes of at least 4 members (excludes halogenated alkanes) is 3. The summed E-state index contributed by atoms with van der Waals surface area (Å²) in [6.07, 6.45) is 9.57. The molecular weight excluding hydrogens is 512 g/mol. The molecular formula is C26H44ClNO2Sn. The van der Waals surface area contributed by atoms with Gasteiger partial charge >= 0.3 is 201 Å². The predicted molar refractivity (Wildman–Crippen MR) is 139 cm³/mol. The number of nitrogens with one attached hydrogen (secondary N) is 1. The van der Waals surface area contributed by atoms with Crippen LogP contribution in [-0.2, 0) is 4.74 Å². The number of amides is 1. The van der Waals surface area contributed by atoms with Gasteiger partial charge in [0.1, 0.15) is 0 Å². The second-order valence-corrected chi connectivity index (χ2v) is 23.2. The molecule has 0 aliphatic carbocycles. The summed E-state index contributed by atoms with van der Waals surface area (Å²) in [5, 5.41) is 3.73. The molecule has 0 spiro atoms. The van der Waals surface area contributed by atoms with Gasteiger partial charge in [0.2, 0.25) is 0 Å². The number of carbonyl (C=O) groups excluding carboxylic acids is 1. The third-order valence-corrected chi connectivity index (χ3v) is 21.8. The molecule has 0 atom stereocenters. The summed E-state index contributed by atoms with van der Waals surface area (Å²) in [4.78, 5) is 12.2. The number of rotatable bonds is 13. The van der Waals surface area contributed by atoms with Crippen LogP contribution in [0.5, 0.6) is 0 Å². The molecule has 0 aliphatic heterocycles. The van der Waals surface area contributed by atoms with Crippen molar-refractivity contribution in [3.8, 4) is 0 Å². The Labute approximate surface area is 200 Å². The molecule has 5 heteroatoms. The third-order valence-electron chi connectivity index (χ3n) is 5.70. The summed E-state index contributed by atoms with van der Waals surface area (Å²) >= 11 is 3.52. The first-order valence-corrected chi connectivity index (χ1v) is 20.0. The Morgan fingerprint density at radius 2 is 1.45 bits per heavy atom. The van der Waals surface area contributed by atoms with E-state index in [0.717, 1.165) is 5.02 Å². The number of hydrogen-bond acceptors (Lipinski definition) is 2. The zero-order chi connectivity index (χ0) is 23.3. The quantitative estimate of drug-likeness (QED) is 0.247. The van der Waals surface area contributed by atoms with Crippen LogP contribution in [-0.4, -0.2) is 36.6 Å². The fraction of sp³-hybridized carbons (Fsp3) is 0.654. The van der Waals surface area contributed by atoms with Gasteiger partial charge in [-0.05, 0) is 0 Å². The summed E-state index contributed by atoms with van der Waals surface area (Å²) < 4.78 is 11.1. The fourth-order valence-electron chi connectivity index (χ4n) is 4.15. The first-order valence-electron chi connectivity index (χ1n) is 12.1. The summed E-state index contributed by atoms with van der Waals surface area (Å²) in [7, 11) is 0. The Morgan fingerprint density at radius 1 is 0.968 bits per heavy atom. The summed E-state index contributed by atoms with van der Waals surface area (Å²) in [6, 6.07) is 8.36. The fourth-order valence-corrected chi connectivity index (χ4v) is 21.3. The topological polar surface area (TPSA) is 38.3 Å². The Morgan fingerprint density at radius 3 is 1.87 bits per heavy atom. The van der Waals surface area contributed by atoms with Crippen molar-refractivity contribution in [3.63, 3.8) is 0 Å². The van der Waals surface area contributed by atoms with Gasteiger partial charge in [-0.3, -0.25) is 0 Å². The molecule has 0 heterocycles. The second kappa shape index (κ2) is 14.5. The van der Waals surface area contributed by atoms with Crippen LogP contribution in [0.25, 0.3) is 3.59 Å². The molecule has 31 heavy (non-hydrogen) atoms. The Balaban J connectivity index is 3.32. The molecule has 1 aromatic rings. The molecule has 0 aromatic heterocycles. The molecule has 0 unspecified atom stereocenters. The van der Waals surface area contributed by atoms with Crippen molar-refractivity contribution in [1.29, 1.82) is 0 Å². The van der Waals surface area contributed by atoms with Gasteiger partial charge in [0.05, 0.1) is 0 Å². The molecule has 1 aromatic carbocycles. The third kappa shape index (κ3) is 10.7. The Bertz CT molecular complexity index is 658. The number of ether oxygens (including phenoxy) is 1. The van der Waals surface area contributed by atoms with Crippen LogP contribution in [0, 0.1) is 0 Å². The molecule has 0 saturated carbocycles. The van der Waals surface area contributed by atoms with Gasteiger partial charge in [-0.2, -0.15) is 0 Å². The average molecular weight is 557 g/mol. The van der Waals surface area contributed by atoms with Crippen molar-refractivity contribution < 1.29 is 9.53 Å². The van der Waals surface area contributed by atoms with E-state index in [1.165, 1.54) is 57.4 Å². The summed E-state index contributed by atoms with van der Waals surface area (Å²) in [6.45, 7) is 13.1. The molecule has 176 valence electrons. The molecule has 1 rings (SSSR count). The van der Waals surface area contributed by atoms with E-state index in [1.54, 1.807) is 3.59 Å². The average Bonchev–Trinajstić information content (AvgIpc) is 2.71. The number of halogens is 1. The molecule has 1 N–H and O–H groups in total. The van der Waals surface area contributed by atoms with E-state index >= 15 is 0 Å². The van der Waals surface area contributed by atoms with Gasteiger partial charge in [0, 0.05) is 0 Å². The maximum absolute atomic E-state index is 12.2. The van der Waals surface area contributed by atoms with Crippen molar-refractivity contribution >= 4 is 39.7 Å². The zero-order valence-corrected chi connectivity index (χ0v) is 24.3. The van der Waals surface area contributed by atoms with Crippen molar-refractivity contribution in [2.24, 2.45) is 0 Å². The first kappa shape index (κ1) is 28.4. The van der Waals surface area contributed by atoms with Gasteiger partial charge in [0.25, 0.3) is 0 Å². The number of alkyl carbamates (subject to hydrolysis) is 1. The summed E-state index contributed by atoms with van der Waals surface area (Å²) in [5.74, 6) is 0. The van der Waals surface area contributed by atoms with E-state index in [-0.39, 0.29) is 6.09 Å². The zero-order valence-electron chi connectivity index (χ0n) is 20.7. The van der Waals surface area contributed by atoms with E-state index in [4.69, 9.17) is 16.3 Å². The standard InChI is InChI=1S/C14H17ClNO2.3C4H9.Sn/c1-14(2,3)18-13(17)16-10-4-5-11-6-8-12(15)9-7-11;3*1-3-4-2;/h4,6-9H,10H2,1-3H3,(H,16,17);3*1,3-4H2,2H3;. The van der Waals surface area contributed by atoms with Gasteiger partial charge in [0.15, 0.2) is 0 Å². The van der Waals surface area contributed by atoms with Crippen molar-refractivity contribution in [2.75, 3.05) is 6.54 Å². The SMILES string of the molecule is CCC[CH2][Sn]([CH2]CCC)([CH2]CCC)/[C](=C/CNC(=O)OC(C)(C)C)c1ccc(Cl)cc1. The van der Waals surface area contributed by atoms with Crippen molar-refractivity contribution in [2.45, 2.75) is 99.0 Å². The normalized spacial score (nSPS) is 12.7. The molecule has 0 saturated heterocycles. The molecule has 0 radical (unpaired) electrons. The van der Waals surface area contributed by atoms with Gasteiger partial charge < -0.3 is 0 Å². The van der Waals surface area contributed by atoms with Gasteiger partial charge in [-0.1, -0.05) is 0 Å². The number of benzene rings is 1. The molecule has 0 bridgehead atoms. The second-order valence-electron chi connectivity index (χ2n) is 9.60. The van der Waals surface area contributed by atoms with Crippen LogP contribution in [0.4, 0.5) is 4.79 Å². The van der Waals surface area contributed by atoms with Crippen molar-refractivity contribution in [1.82, 2.24) is 5.32 Å². The van der Waals surface area contributed by atoms with Crippen LogP contribution in [0.2, 0.25) is 18.3 Å². The van der Waals surface area contributed by atoms with E-state index in [0.29, 0.717) is 6.54 Å². The molecule has 1 amide bonds. The van der Waals surface area contributed by atoms with Crippen LogP contribution < -0.4 is 5.32 Å². The van der Waals surface area contributed by atoms with Crippen LogP contribution in [0.3, 0.4) is 0 Å². The van der Waals surface area contributed by atoms with Crippen LogP contribution in [0.15, 0.2) is 30.3 Å². The molecule has 0 fully saturated rings. The Kier molecular flexibility index (Phi) is 13.2. The van der Waals surface area contributed by atoms with Crippen molar-refractivity contribution in [3.05, 3.63) is 40.9 Å². The monoisotopic (exact) mass is 557 g/mol. The predicted octanol–water partition coefficient (Wildman–Crippen LogP) is 8.64. The first-order chi connectivity index (χ1) is 14.7. The minimum atomic E-state index is -2.69. The molecule has 0 aliphatic rings.